The molecule has 4 nitrogen and oxygen atoms in total. The first-order valence-corrected chi connectivity index (χ1v) is 7.31. The molecule has 1 aliphatic rings. The fourth-order valence-corrected chi connectivity index (χ4v) is 2.48. The van der Waals surface area contributed by atoms with Gasteiger partial charge in [-0.2, -0.15) is 0 Å². The van der Waals surface area contributed by atoms with E-state index in [0.717, 1.165) is 19.4 Å². The van der Waals surface area contributed by atoms with Crippen LogP contribution in [0.4, 0.5) is 0 Å². The van der Waals surface area contributed by atoms with Crippen LogP contribution in [-0.2, 0) is 4.79 Å². The van der Waals surface area contributed by atoms with E-state index in [1.807, 2.05) is 18.7 Å². The first-order valence-electron chi connectivity index (χ1n) is 7.31. The summed E-state index contributed by atoms with van der Waals surface area (Å²) in [5.41, 5.74) is 0. The van der Waals surface area contributed by atoms with Crippen molar-refractivity contribution >= 4 is 5.91 Å². The highest BCUT2D eigenvalue weighted by Gasteiger charge is 2.25. The number of hydrogen-bond acceptors (Lipinski definition) is 3. The van der Waals surface area contributed by atoms with Crippen molar-refractivity contribution < 1.29 is 9.90 Å². The Bertz CT molecular complexity index is 236. The van der Waals surface area contributed by atoms with Gasteiger partial charge >= 0.3 is 0 Å². The minimum absolute atomic E-state index is 0.0219. The fourth-order valence-electron chi connectivity index (χ4n) is 2.48. The van der Waals surface area contributed by atoms with E-state index in [0.29, 0.717) is 13.0 Å². The van der Waals surface area contributed by atoms with E-state index in [4.69, 9.17) is 5.11 Å². The molecule has 0 saturated carbocycles. The second-order valence-electron chi connectivity index (χ2n) is 5.41. The number of aliphatic hydroxyl groups excluding tert-OH is 1. The van der Waals surface area contributed by atoms with Gasteiger partial charge in [-0.15, -0.1) is 0 Å². The van der Waals surface area contributed by atoms with Gasteiger partial charge in [0.25, 0.3) is 0 Å². The molecule has 1 heterocycles. The third-order valence-corrected chi connectivity index (χ3v) is 3.57. The SMILES string of the molecule is CC(C)N(CCCO)C(=O)C1CCCCCCN1. The first-order chi connectivity index (χ1) is 8.66. The number of aliphatic hydroxyl groups is 1. The Labute approximate surface area is 111 Å². The maximum absolute atomic E-state index is 12.5. The summed E-state index contributed by atoms with van der Waals surface area (Å²) in [5, 5.41) is 12.3. The summed E-state index contributed by atoms with van der Waals surface area (Å²) in [5.74, 6) is 0.209. The lowest BCUT2D eigenvalue weighted by Crippen LogP contribution is -2.50. The van der Waals surface area contributed by atoms with Crippen LogP contribution in [0.1, 0.15) is 52.4 Å². The van der Waals surface area contributed by atoms with Gasteiger partial charge in [-0.25, -0.2) is 0 Å². The van der Waals surface area contributed by atoms with Crippen molar-refractivity contribution in [2.75, 3.05) is 19.7 Å². The molecule has 4 heteroatoms. The van der Waals surface area contributed by atoms with E-state index in [1.54, 1.807) is 0 Å². The molecule has 0 aromatic carbocycles. The maximum atomic E-state index is 12.5. The summed E-state index contributed by atoms with van der Waals surface area (Å²) in [7, 11) is 0. The van der Waals surface area contributed by atoms with Crippen molar-refractivity contribution in [3.63, 3.8) is 0 Å². The number of rotatable bonds is 5. The molecule has 2 N–H and O–H groups in total. The van der Waals surface area contributed by atoms with E-state index in [2.05, 4.69) is 5.32 Å². The summed E-state index contributed by atoms with van der Waals surface area (Å²) in [6, 6.07) is 0.183. The predicted molar refractivity (Wildman–Crippen MR) is 73.4 cm³/mol. The molecule has 1 fully saturated rings. The summed E-state index contributed by atoms with van der Waals surface area (Å²) in [6.45, 7) is 5.83. The molecule has 0 aromatic rings. The Morgan fingerprint density at radius 2 is 2.06 bits per heavy atom. The zero-order valence-corrected chi connectivity index (χ0v) is 11.8. The van der Waals surface area contributed by atoms with E-state index in [-0.39, 0.29) is 24.6 Å². The molecule has 0 aromatic heterocycles. The van der Waals surface area contributed by atoms with Crippen molar-refractivity contribution in [3.8, 4) is 0 Å². The van der Waals surface area contributed by atoms with Crippen molar-refractivity contribution in [2.45, 2.75) is 64.5 Å². The molecule has 0 spiro atoms. The molecule has 0 bridgehead atoms. The van der Waals surface area contributed by atoms with Crippen molar-refractivity contribution in [1.29, 1.82) is 0 Å². The highest BCUT2D eigenvalue weighted by molar-refractivity contribution is 5.82. The Morgan fingerprint density at radius 3 is 2.72 bits per heavy atom. The minimum atomic E-state index is -0.0219. The van der Waals surface area contributed by atoms with Gasteiger partial charge in [0.05, 0.1) is 6.04 Å². The molecular formula is C14H28N2O2. The maximum Gasteiger partial charge on any atom is 0.239 e. The summed E-state index contributed by atoms with van der Waals surface area (Å²) >= 11 is 0. The van der Waals surface area contributed by atoms with Gasteiger partial charge in [-0.3, -0.25) is 4.79 Å². The second kappa shape index (κ2) is 8.48. The summed E-state index contributed by atoms with van der Waals surface area (Å²) in [4.78, 5) is 14.4. The van der Waals surface area contributed by atoms with Gasteiger partial charge in [-0.05, 0) is 39.7 Å². The number of nitrogens with one attached hydrogen (secondary N) is 1. The van der Waals surface area contributed by atoms with Crippen LogP contribution in [0, 0.1) is 0 Å². The van der Waals surface area contributed by atoms with Gasteiger partial charge in [0.15, 0.2) is 0 Å². The van der Waals surface area contributed by atoms with Crippen molar-refractivity contribution in [2.24, 2.45) is 0 Å². The number of hydrogen-bond donors (Lipinski definition) is 2. The quantitative estimate of drug-likeness (QED) is 0.784. The van der Waals surface area contributed by atoms with Gasteiger partial charge in [0, 0.05) is 19.2 Å². The number of amides is 1. The molecule has 0 radical (unpaired) electrons. The third kappa shape index (κ3) is 4.94. The summed E-state index contributed by atoms with van der Waals surface area (Å²) in [6.07, 6.45) is 6.42. The zero-order valence-electron chi connectivity index (χ0n) is 11.8. The van der Waals surface area contributed by atoms with E-state index >= 15 is 0 Å². The zero-order chi connectivity index (χ0) is 13.4. The molecular weight excluding hydrogens is 228 g/mol. The van der Waals surface area contributed by atoms with Crippen molar-refractivity contribution in [3.05, 3.63) is 0 Å². The number of nitrogens with zero attached hydrogens (tertiary/aromatic N) is 1. The molecule has 1 atom stereocenters. The van der Waals surface area contributed by atoms with Crippen LogP contribution >= 0.6 is 0 Å². The minimum Gasteiger partial charge on any atom is -0.396 e. The standard InChI is InChI=1S/C14H28N2O2/c1-12(2)16(10-7-11-17)14(18)13-8-5-3-4-6-9-15-13/h12-13,15,17H,3-11H2,1-2H3. The van der Waals surface area contributed by atoms with Crippen LogP contribution in [0.5, 0.6) is 0 Å². The Kier molecular flexibility index (Phi) is 7.28. The molecule has 1 saturated heterocycles. The lowest BCUT2D eigenvalue weighted by atomic mass is 10.0. The average molecular weight is 256 g/mol. The lowest BCUT2D eigenvalue weighted by Gasteiger charge is -2.31. The van der Waals surface area contributed by atoms with Gasteiger partial charge < -0.3 is 15.3 Å². The Hall–Kier alpha value is -0.610. The van der Waals surface area contributed by atoms with Crippen LogP contribution in [-0.4, -0.2) is 47.7 Å². The monoisotopic (exact) mass is 256 g/mol. The molecule has 1 aliphatic heterocycles. The van der Waals surface area contributed by atoms with Crippen LogP contribution in [0.2, 0.25) is 0 Å². The van der Waals surface area contributed by atoms with Crippen LogP contribution < -0.4 is 5.32 Å². The van der Waals surface area contributed by atoms with E-state index in [9.17, 15) is 4.79 Å². The van der Waals surface area contributed by atoms with Crippen LogP contribution in [0.25, 0.3) is 0 Å². The smallest absolute Gasteiger partial charge is 0.239 e. The van der Waals surface area contributed by atoms with E-state index < -0.39 is 0 Å². The highest BCUT2D eigenvalue weighted by atomic mass is 16.3. The van der Waals surface area contributed by atoms with Gasteiger partial charge in [-0.1, -0.05) is 19.3 Å². The number of carbonyl (C=O) groups excluding carboxylic acids is 1. The topological polar surface area (TPSA) is 52.6 Å². The molecule has 1 unspecified atom stereocenters. The van der Waals surface area contributed by atoms with Crippen LogP contribution in [0.15, 0.2) is 0 Å². The molecule has 1 rings (SSSR count). The summed E-state index contributed by atoms with van der Waals surface area (Å²) < 4.78 is 0. The second-order valence-corrected chi connectivity index (χ2v) is 5.41. The van der Waals surface area contributed by atoms with E-state index in [1.165, 1.54) is 19.3 Å². The normalized spacial score (nSPS) is 21.4. The highest BCUT2D eigenvalue weighted by Crippen LogP contribution is 2.13. The Balaban J connectivity index is 2.55. The fraction of sp³-hybridized carbons (Fsp3) is 0.929. The van der Waals surface area contributed by atoms with Gasteiger partial charge in [0.1, 0.15) is 0 Å². The van der Waals surface area contributed by atoms with Crippen LogP contribution in [0.3, 0.4) is 0 Å². The Morgan fingerprint density at radius 1 is 1.33 bits per heavy atom. The average Bonchev–Trinajstić information content (AvgIpc) is 2.28. The predicted octanol–water partition coefficient (Wildman–Crippen LogP) is 1.53. The first kappa shape index (κ1) is 15.4. The molecule has 0 aliphatic carbocycles. The lowest BCUT2D eigenvalue weighted by molar-refractivity contribution is -0.135. The number of carbonyl (C=O) groups is 1. The molecule has 18 heavy (non-hydrogen) atoms. The molecule has 1 amide bonds. The van der Waals surface area contributed by atoms with Crippen molar-refractivity contribution in [1.82, 2.24) is 10.2 Å². The molecule has 106 valence electrons. The third-order valence-electron chi connectivity index (χ3n) is 3.57. The largest absolute Gasteiger partial charge is 0.396 e. The van der Waals surface area contributed by atoms with Gasteiger partial charge in [0.2, 0.25) is 5.91 Å².